The first-order valence-corrected chi connectivity index (χ1v) is 21.2. The standard InChI is InChI=1S/C42H65N13O3/c1-6-10-24-54(25-11-7-2)28-14-22-43-39-49-40(44-23-15-29-55(26-12-8-3)27-13-9-4)51-41(50-39)46-32-16-18-33(19-17-32)52-53-37(31(5)56)38(57)45-34-20-21-35-36(30-34)48-42(58)47-35/h16-21,30,37H,6-15,22-29H2,1-5H3,(H,45,57)(H2,47,48,58)(H3,43,44,46,49,50,51). The van der Waals surface area contributed by atoms with E-state index in [2.05, 4.69) is 79.0 Å². The molecule has 1 unspecified atom stereocenters. The SMILES string of the molecule is CCCCN(CCCC)CCCNc1nc(NCCCN(CCCC)CCCC)nc(Nc2ccc(N=NC(C(C)=O)C(=O)Nc3ccc4[nH]c(=O)[nH]c4c3)cc2)n1. The molecule has 16 nitrogen and oxygen atoms in total. The summed E-state index contributed by atoms with van der Waals surface area (Å²) in [5.41, 5.74) is 2.35. The zero-order valence-electron chi connectivity index (χ0n) is 35.2. The van der Waals surface area contributed by atoms with Gasteiger partial charge in [0, 0.05) is 24.5 Å². The van der Waals surface area contributed by atoms with Crippen molar-refractivity contribution in [3.63, 3.8) is 0 Å². The normalized spacial score (nSPS) is 12.1. The molecule has 0 aliphatic heterocycles. The van der Waals surface area contributed by atoms with Crippen LogP contribution in [0.3, 0.4) is 0 Å². The van der Waals surface area contributed by atoms with Crippen LogP contribution in [0.1, 0.15) is 98.8 Å². The number of fused-ring (bicyclic) bond motifs is 1. The average molecular weight is 800 g/mol. The minimum Gasteiger partial charge on any atom is -0.354 e. The van der Waals surface area contributed by atoms with Crippen molar-refractivity contribution in [1.29, 1.82) is 0 Å². The van der Waals surface area contributed by atoms with Gasteiger partial charge in [-0.15, -0.1) is 0 Å². The van der Waals surface area contributed by atoms with Crippen LogP contribution in [0.4, 0.5) is 34.9 Å². The molecule has 0 spiro atoms. The van der Waals surface area contributed by atoms with Crippen molar-refractivity contribution >= 4 is 57.6 Å². The largest absolute Gasteiger partial charge is 0.354 e. The van der Waals surface area contributed by atoms with Gasteiger partial charge < -0.3 is 41.0 Å². The number of hydrogen-bond donors (Lipinski definition) is 6. The first-order valence-electron chi connectivity index (χ1n) is 21.2. The zero-order valence-corrected chi connectivity index (χ0v) is 35.2. The topological polar surface area (TPSA) is 201 Å². The third-order valence-electron chi connectivity index (χ3n) is 9.64. The lowest BCUT2D eigenvalue weighted by molar-refractivity contribution is -0.126. The number of ketones is 1. The number of imidazole rings is 1. The Bertz CT molecular complexity index is 1850. The number of aromatic amines is 2. The van der Waals surface area contributed by atoms with Crippen LogP contribution >= 0.6 is 0 Å². The molecular formula is C42H65N13O3. The predicted octanol–water partition coefficient (Wildman–Crippen LogP) is 7.87. The van der Waals surface area contributed by atoms with E-state index in [9.17, 15) is 14.4 Å². The number of nitrogens with one attached hydrogen (secondary N) is 6. The Hall–Kier alpha value is -5.22. The summed E-state index contributed by atoms with van der Waals surface area (Å²) in [6.07, 6.45) is 11.6. The maximum atomic E-state index is 13.0. The summed E-state index contributed by atoms with van der Waals surface area (Å²) >= 11 is 0. The van der Waals surface area contributed by atoms with Crippen molar-refractivity contribution < 1.29 is 9.59 Å². The number of Topliss-reactive ketones (excluding diaryl/α,β-unsaturated/α-hetero) is 1. The van der Waals surface area contributed by atoms with Crippen molar-refractivity contribution in [3.05, 3.63) is 52.9 Å². The molecule has 0 aliphatic carbocycles. The maximum absolute atomic E-state index is 13.0. The van der Waals surface area contributed by atoms with E-state index in [0.717, 1.165) is 65.2 Å². The van der Waals surface area contributed by atoms with Crippen LogP contribution in [0.5, 0.6) is 0 Å². The highest BCUT2D eigenvalue weighted by Gasteiger charge is 2.23. The van der Waals surface area contributed by atoms with Crippen LogP contribution in [-0.2, 0) is 9.59 Å². The first-order chi connectivity index (χ1) is 28.2. The molecule has 16 heteroatoms. The van der Waals surface area contributed by atoms with Crippen LogP contribution in [0, 0.1) is 0 Å². The van der Waals surface area contributed by atoms with Gasteiger partial charge in [-0.2, -0.15) is 25.2 Å². The van der Waals surface area contributed by atoms with E-state index in [0.29, 0.717) is 45.9 Å². The van der Waals surface area contributed by atoms with Crippen molar-refractivity contribution in [2.75, 3.05) is 73.6 Å². The molecule has 0 radical (unpaired) electrons. The van der Waals surface area contributed by atoms with Crippen molar-refractivity contribution in [2.45, 2.75) is 105 Å². The molecule has 0 saturated carbocycles. The molecule has 0 fully saturated rings. The summed E-state index contributed by atoms with van der Waals surface area (Å²) in [6.45, 7) is 18.3. The van der Waals surface area contributed by atoms with Gasteiger partial charge in [-0.05, 0) is 127 Å². The molecule has 1 amide bonds. The number of azo groups is 1. The smallest absolute Gasteiger partial charge is 0.323 e. The number of hydrogen-bond acceptors (Lipinski definition) is 13. The van der Waals surface area contributed by atoms with Gasteiger partial charge in [0.2, 0.25) is 23.9 Å². The predicted molar refractivity (Wildman–Crippen MR) is 235 cm³/mol. The fourth-order valence-electron chi connectivity index (χ4n) is 6.30. The second-order valence-electron chi connectivity index (χ2n) is 14.7. The van der Waals surface area contributed by atoms with Gasteiger partial charge >= 0.3 is 5.69 Å². The molecule has 0 saturated heterocycles. The van der Waals surface area contributed by atoms with Gasteiger partial charge in [-0.25, -0.2) is 4.79 Å². The van der Waals surface area contributed by atoms with Crippen molar-refractivity contribution in [1.82, 2.24) is 34.7 Å². The Kier molecular flexibility index (Phi) is 19.8. The number of H-pyrrole nitrogens is 2. The summed E-state index contributed by atoms with van der Waals surface area (Å²) in [5, 5.41) is 21.1. The fraction of sp³-hybridized carbons (Fsp3) is 0.571. The highest BCUT2D eigenvalue weighted by Crippen LogP contribution is 2.22. The number of aromatic nitrogens is 5. The summed E-state index contributed by atoms with van der Waals surface area (Å²) in [6, 6.07) is 10.6. The Morgan fingerprint density at radius 3 is 1.66 bits per heavy atom. The highest BCUT2D eigenvalue weighted by molar-refractivity contribution is 6.10. The lowest BCUT2D eigenvalue weighted by Gasteiger charge is -2.22. The Morgan fingerprint density at radius 1 is 0.655 bits per heavy atom. The number of unbranched alkanes of at least 4 members (excludes halogenated alkanes) is 4. The van der Waals surface area contributed by atoms with E-state index < -0.39 is 17.7 Å². The van der Waals surface area contributed by atoms with E-state index in [1.54, 1.807) is 42.5 Å². The number of anilines is 5. The monoisotopic (exact) mass is 800 g/mol. The molecule has 316 valence electrons. The highest BCUT2D eigenvalue weighted by atomic mass is 16.2. The van der Waals surface area contributed by atoms with Gasteiger partial charge in [-0.3, -0.25) is 9.59 Å². The number of carbonyl (C=O) groups excluding carboxylic acids is 2. The zero-order chi connectivity index (χ0) is 41.5. The van der Waals surface area contributed by atoms with Crippen LogP contribution in [0.25, 0.3) is 11.0 Å². The van der Waals surface area contributed by atoms with Gasteiger partial charge in [0.15, 0.2) is 5.78 Å². The molecular weight excluding hydrogens is 735 g/mol. The van der Waals surface area contributed by atoms with E-state index in [-0.39, 0.29) is 5.69 Å². The quantitative estimate of drug-likeness (QED) is 0.0177. The number of rotatable bonds is 29. The molecule has 2 heterocycles. The lowest BCUT2D eigenvalue weighted by Crippen LogP contribution is -2.31. The van der Waals surface area contributed by atoms with Gasteiger partial charge in [-0.1, -0.05) is 53.4 Å². The number of carbonyl (C=O) groups is 2. The molecule has 1 atom stereocenters. The Morgan fingerprint density at radius 2 is 1.14 bits per heavy atom. The molecule has 0 aliphatic rings. The molecule has 2 aromatic carbocycles. The van der Waals surface area contributed by atoms with Crippen LogP contribution in [-0.4, -0.2) is 105 Å². The summed E-state index contributed by atoms with van der Waals surface area (Å²) in [7, 11) is 0. The third kappa shape index (κ3) is 16.0. The van der Waals surface area contributed by atoms with E-state index in [1.165, 1.54) is 58.3 Å². The summed E-state index contributed by atoms with van der Waals surface area (Å²) in [4.78, 5) is 61.5. The molecule has 4 aromatic rings. The summed E-state index contributed by atoms with van der Waals surface area (Å²) in [5.74, 6) is 0.300. The first kappa shape index (κ1) is 45.5. The van der Waals surface area contributed by atoms with Crippen LogP contribution < -0.4 is 27.0 Å². The number of benzene rings is 2. The third-order valence-corrected chi connectivity index (χ3v) is 9.64. The minimum atomic E-state index is -1.35. The molecule has 6 N–H and O–H groups in total. The van der Waals surface area contributed by atoms with Crippen molar-refractivity contribution in [3.8, 4) is 0 Å². The summed E-state index contributed by atoms with van der Waals surface area (Å²) < 4.78 is 0. The minimum absolute atomic E-state index is 0.353. The Balaban J connectivity index is 1.40. The average Bonchev–Trinajstić information content (AvgIpc) is 3.59. The van der Waals surface area contributed by atoms with Crippen LogP contribution in [0.2, 0.25) is 0 Å². The molecule has 4 rings (SSSR count). The van der Waals surface area contributed by atoms with E-state index in [4.69, 9.17) is 15.0 Å². The van der Waals surface area contributed by atoms with Crippen LogP contribution in [0.15, 0.2) is 57.5 Å². The second-order valence-corrected chi connectivity index (χ2v) is 14.7. The fourth-order valence-corrected chi connectivity index (χ4v) is 6.30. The van der Waals surface area contributed by atoms with Gasteiger partial charge in [0.25, 0.3) is 5.91 Å². The molecule has 58 heavy (non-hydrogen) atoms. The number of nitrogens with zero attached hydrogens (tertiary/aromatic N) is 7. The van der Waals surface area contributed by atoms with E-state index >= 15 is 0 Å². The number of amides is 1. The molecule has 0 bridgehead atoms. The second kappa shape index (κ2) is 25.2. The Labute approximate surface area is 342 Å². The van der Waals surface area contributed by atoms with Gasteiger partial charge in [0.1, 0.15) is 0 Å². The maximum Gasteiger partial charge on any atom is 0.323 e. The van der Waals surface area contributed by atoms with E-state index in [1.807, 2.05) is 0 Å². The van der Waals surface area contributed by atoms with Crippen molar-refractivity contribution in [2.24, 2.45) is 10.2 Å². The van der Waals surface area contributed by atoms with Gasteiger partial charge in [0.05, 0.1) is 16.7 Å². The molecule has 2 aromatic heterocycles. The lowest BCUT2D eigenvalue weighted by atomic mass is 10.2.